The SMILES string of the molecule is CCCCCCCCCCCC(OC(CCCCCCCCCCC)C(Cl)C(Cl)Cl)C(Cl)C(Cl)Cl. The molecule has 0 aliphatic rings. The zero-order chi connectivity index (χ0) is 26.3. The van der Waals surface area contributed by atoms with Gasteiger partial charge in [0.1, 0.15) is 9.67 Å². The van der Waals surface area contributed by atoms with Crippen molar-refractivity contribution in [2.75, 3.05) is 0 Å². The van der Waals surface area contributed by atoms with E-state index in [0.717, 1.165) is 38.5 Å². The molecule has 0 amide bonds. The average molecular weight is 617 g/mol. The van der Waals surface area contributed by atoms with Crippen molar-refractivity contribution in [3.63, 3.8) is 0 Å². The highest BCUT2D eigenvalue weighted by atomic mass is 35.5. The molecule has 4 unspecified atom stereocenters. The van der Waals surface area contributed by atoms with E-state index in [4.69, 9.17) is 74.3 Å². The molecule has 0 rings (SSSR count). The van der Waals surface area contributed by atoms with E-state index < -0.39 is 20.4 Å². The maximum atomic E-state index is 6.58. The normalized spacial score (nSPS) is 15.6. The van der Waals surface area contributed by atoms with Crippen LogP contribution in [-0.4, -0.2) is 32.6 Å². The Morgan fingerprint density at radius 3 is 0.914 bits per heavy atom. The van der Waals surface area contributed by atoms with Crippen LogP contribution in [0.1, 0.15) is 142 Å². The van der Waals surface area contributed by atoms with Crippen LogP contribution in [0.15, 0.2) is 0 Å². The number of alkyl halides is 6. The van der Waals surface area contributed by atoms with E-state index >= 15 is 0 Å². The molecular formula is C28H52Cl6O. The Bertz CT molecular complexity index is 400. The van der Waals surface area contributed by atoms with Gasteiger partial charge in [0.05, 0.1) is 23.0 Å². The molecule has 0 aromatic rings. The lowest BCUT2D eigenvalue weighted by molar-refractivity contribution is -0.0230. The first-order chi connectivity index (χ1) is 16.8. The molecule has 35 heavy (non-hydrogen) atoms. The fraction of sp³-hybridized carbons (Fsp3) is 1.00. The molecule has 0 fully saturated rings. The van der Waals surface area contributed by atoms with Crippen LogP contribution in [0.4, 0.5) is 0 Å². The molecule has 0 aliphatic carbocycles. The molecule has 0 aliphatic heterocycles. The minimum Gasteiger partial charge on any atom is -0.372 e. The summed E-state index contributed by atoms with van der Waals surface area (Å²) in [7, 11) is 0. The molecule has 0 saturated carbocycles. The Labute approximate surface area is 248 Å². The first-order valence-corrected chi connectivity index (χ1v) is 17.0. The summed E-state index contributed by atoms with van der Waals surface area (Å²) in [6, 6.07) is 0. The van der Waals surface area contributed by atoms with E-state index in [1.807, 2.05) is 0 Å². The monoisotopic (exact) mass is 614 g/mol. The maximum Gasteiger partial charge on any atom is 0.126 e. The van der Waals surface area contributed by atoms with Gasteiger partial charge in [-0.3, -0.25) is 0 Å². The van der Waals surface area contributed by atoms with Gasteiger partial charge < -0.3 is 4.74 Å². The first kappa shape index (κ1) is 36.7. The third-order valence-corrected chi connectivity index (χ3v) is 9.39. The zero-order valence-electron chi connectivity index (χ0n) is 22.3. The summed E-state index contributed by atoms with van der Waals surface area (Å²) in [4.78, 5) is -1.41. The van der Waals surface area contributed by atoms with Gasteiger partial charge in [-0.1, -0.05) is 129 Å². The summed E-state index contributed by atoms with van der Waals surface area (Å²) >= 11 is 37.7. The summed E-state index contributed by atoms with van der Waals surface area (Å²) < 4.78 is 6.44. The molecule has 0 saturated heterocycles. The van der Waals surface area contributed by atoms with Crippen molar-refractivity contribution in [3.8, 4) is 0 Å². The maximum absolute atomic E-state index is 6.58. The highest BCUT2D eigenvalue weighted by molar-refractivity contribution is 6.49. The van der Waals surface area contributed by atoms with Gasteiger partial charge in [-0.25, -0.2) is 0 Å². The van der Waals surface area contributed by atoms with Gasteiger partial charge >= 0.3 is 0 Å². The Morgan fingerprint density at radius 2 is 0.657 bits per heavy atom. The third kappa shape index (κ3) is 21.2. The lowest BCUT2D eigenvalue weighted by Crippen LogP contribution is -2.39. The number of halogens is 6. The topological polar surface area (TPSA) is 9.23 Å². The number of hydrogen-bond acceptors (Lipinski definition) is 1. The number of ether oxygens (including phenoxy) is 1. The summed E-state index contributed by atoms with van der Waals surface area (Å²) in [5, 5.41) is -0.989. The molecule has 0 aromatic carbocycles. The Kier molecular flexibility index (Phi) is 27.2. The lowest BCUT2D eigenvalue weighted by atomic mass is 10.0. The van der Waals surface area contributed by atoms with Crippen molar-refractivity contribution in [1.29, 1.82) is 0 Å². The minimum absolute atomic E-state index is 0.266. The highest BCUT2D eigenvalue weighted by Gasteiger charge is 2.33. The van der Waals surface area contributed by atoms with E-state index in [9.17, 15) is 0 Å². The second-order valence-corrected chi connectivity index (χ2v) is 13.3. The van der Waals surface area contributed by atoms with Crippen LogP contribution >= 0.6 is 69.6 Å². The molecule has 0 bridgehead atoms. The fourth-order valence-corrected chi connectivity index (χ4v) is 5.49. The predicted octanol–water partition coefficient (Wildman–Crippen LogP) is 12.4. The van der Waals surface area contributed by atoms with Crippen molar-refractivity contribution in [2.24, 2.45) is 0 Å². The van der Waals surface area contributed by atoms with Crippen LogP contribution in [0.25, 0.3) is 0 Å². The van der Waals surface area contributed by atoms with Crippen molar-refractivity contribution in [3.05, 3.63) is 0 Å². The smallest absolute Gasteiger partial charge is 0.126 e. The fourth-order valence-electron chi connectivity index (χ4n) is 4.47. The molecule has 1 nitrogen and oxygen atoms in total. The van der Waals surface area contributed by atoms with Crippen LogP contribution < -0.4 is 0 Å². The Balaban J connectivity index is 4.51. The first-order valence-electron chi connectivity index (χ1n) is 14.3. The summed E-state index contributed by atoms with van der Waals surface area (Å²) in [5.41, 5.74) is 0. The molecule has 0 aromatic heterocycles. The Morgan fingerprint density at radius 1 is 0.400 bits per heavy atom. The van der Waals surface area contributed by atoms with E-state index in [1.165, 1.54) is 89.9 Å². The van der Waals surface area contributed by atoms with Crippen LogP contribution in [-0.2, 0) is 4.74 Å². The van der Waals surface area contributed by atoms with Gasteiger partial charge in [0, 0.05) is 0 Å². The van der Waals surface area contributed by atoms with Crippen molar-refractivity contribution < 1.29 is 4.74 Å². The van der Waals surface area contributed by atoms with E-state index in [-0.39, 0.29) is 12.2 Å². The average Bonchev–Trinajstić information content (AvgIpc) is 2.83. The molecule has 4 atom stereocenters. The third-order valence-electron chi connectivity index (χ3n) is 6.73. The minimum atomic E-state index is -0.704. The quantitative estimate of drug-likeness (QED) is 0.0693. The molecular weight excluding hydrogens is 565 g/mol. The summed E-state index contributed by atoms with van der Waals surface area (Å²) in [6.45, 7) is 4.51. The number of rotatable bonds is 26. The zero-order valence-corrected chi connectivity index (χ0v) is 26.8. The molecule has 7 heteroatoms. The van der Waals surface area contributed by atoms with Gasteiger partial charge in [-0.15, -0.1) is 69.6 Å². The van der Waals surface area contributed by atoms with Crippen LogP contribution in [0.3, 0.4) is 0 Å². The molecule has 0 radical (unpaired) electrons. The van der Waals surface area contributed by atoms with Crippen LogP contribution in [0, 0.1) is 0 Å². The lowest BCUT2D eigenvalue weighted by Gasteiger charge is -2.31. The van der Waals surface area contributed by atoms with Gasteiger partial charge in [0.2, 0.25) is 0 Å². The standard InChI is InChI=1S/C28H52Cl6O/c1-3-5-7-9-11-13-15-17-19-21-23(25(29)27(31)32)35-24(26(30)28(33)34)22-20-18-16-14-12-10-8-6-4-2/h23-28H,3-22H2,1-2H3. The second-order valence-electron chi connectivity index (χ2n) is 10.0. The highest BCUT2D eigenvalue weighted by Crippen LogP contribution is 2.30. The number of unbranched alkanes of at least 4 members (excludes halogenated alkanes) is 16. The molecule has 0 spiro atoms. The molecule has 212 valence electrons. The van der Waals surface area contributed by atoms with E-state index in [0.29, 0.717) is 0 Å². The van der Waals surface area contributed by atoms with Gasteiger partial charge in [-0.05, 0) is 12.8 Å². The van der Waals surface area contributed by atoms with E-state index in [1.54, 1.807) is 0 Å². The van der Waals surface area contributed by atoms with Crippen LogP contribution in [0.5, 0.6) is 0 Å². The van der Waals surface area contributed by atoms with Crippen molar-refractivity contribution in [1.82, 2.24) is 0 Å². The van der Waals surface area contributed by atoms with Crippen molar-refractivity contribution in [2.45, 2.75) is 175 Å². The molecule has 0 heterocycles. The largest absolute Gasteiger partial charge is 0.372 e. The van der Waals surface area contributed by atoms with Gasteiger partial charge in [0.15, 0.2) is 0 Å². The van der Waals surface area contributed by atoms with Gasteiger partial charge in [-0.2, -0.15) is 0 Å². The predicted molar refractivity (Wildman–Crippen MR) is 163 cm³/mol. The van der Waals surface area contributed by atoms with Crippen molar-refractivity contribution >= 4 is 69.6 Å². The summed E-state index contributed by atoms with van der Waals surface area (Å²) in [5.74, 6) is 0. The molecule has 0 N–H and O–H groups in total. The number of hydrogen-bond donors (Lipinski definition) is 0. The van der Waals surface area contributed by atoms with Crippen LogP contribution in [0.2, 0.25) is 0 Å². The summed E-state index contributed by atoms with van der Waals surface area (Å²) in [6.07, 6.45) is 23.9. The second kappa shape index (κ2) is 26.0. The Hall–Kier alpha value is 1.70. The van der Waals surface area contributed by atoms with E-state index in [2.05, 4.69) is 13.8 Å². The van der Waals surface area contributed by atoms with Gasteiger partial charge in [0.25, 0.3) is 0 Å².